The second-order valence-electron chi connectivity index (χ2n) is 4.11. The summed E-state index contributed by atoms with van der Waals surface area (Å²) in [5.74, 6) is 0.695. The van der Waals surface area contributed by atoms with Crippen molar-refractivity contribution in [1.29, 1.82) is 0 Å². The van der Waals surface area contributed by atoms with Gasteiger partial charge in [-0.2, -0.15) is 5.10 Å². The molecule has 2 nitrogen and oxygen atoms in total. The molecule has 0 amide bonds. The number of rotatable bonds is 4. The Kier molecular flexibility index (Phi) is 3.99. The molecule has 1 aromatic heterocycles. The Labute approximate surface area is 91.3 Å². The number of nitrogens with zero attached hydrogens (tertiary/aromatic N) is 2. The maximum Gasteiger partial charge on any atom is 0.130 e. The molecule has 0 aliphatic rings. The van der Waals surface area contributed by atoms with E-state index in [0.717, 1.165) is 30.2 Å². The van der Waals surface area contributed by atoms with Crippen LogP contribution in [0.25, 0.3) is 0 Å². The smallest absolute Gasteiger partial charge is 0.130 e. The van der Waals surface area contributed by atoms with E-state index in [9.17, 15) is 0 Å². The van der Waals surface area contributed by atoms with E-state index in [1.54, 1.807) is 0 Å². The second-order valence-corrected chi connectivity index (χ2v) is 4.47. The van der Waals surface area contributed by atoms with Crippen LogP contribution in [0, 0.1) is 12.8 Å². The van der Waals surface area contributed by atoms with Gasteiger partial charge >= 0.3 is 0 Å². The summed E-state index contributed by atoms with van der Waals surface area (Å²) in [6, 6.07) is 0. The Hall–Kier alpha value is -0.500. The second kappa shape index (κ2) is 4.83. The fourth-order valence-electron chi connectivity index (χ4n) is 1.52. The highest BCUT2D eigenvalue weighted by molar-refractivity contribution is 6.30. The van der Waals surface area contributed by atoms with Gasteiger partial charge in [-0.3, -0.25) is 4.68 Å². The zero-order valence-electron chi connectivity index (χ0n) is 9.47. The standard InChI is InChI=1S/C11H19ClN2/c1-5-10-9(4)13-14(11(10)12)7-6-8(2)3/h8H,5-7H2,1-4H3. The first kappa shape index (κ1) is 11.6. The van der Waals surface area contributed by atoms with Crippen LogP contribution in [0.5, 0.6) is 0 Å². The predicted octanol–water partition coefficient (Wildman–Crippen LogP) is 3.45. The molecular formula is C11H19ClN2. The molecule has 3 heteroatoms. The van der Waals surface area contributed by atoms with Crippen LogP contribution < -0.4 is 0 Å². The van der Waals surface area contributed by atoms with Gasteiger partial charge in [0.05, 0.1) is 5.69 Å². The molecule has 0 radical (unpaired) electrons. The van der Waals surface area contributed by atoms with E-state index >= 15 is 0 Å². The molecule has 0 bridgehead atoms. The number of aromatic nitrogens is 2. The van der Waals surface area contributed by atoms with Crippen molar-refractivity contribution in [2.24, 2.45) is 5.92 Å². The van der Waals surface area contributed by atoms with E-state index in [0.29, 0.717) is 5.92 Å². The fourth-order valence-corrected chi connectivity index (χ4v) is 1.91. The Morgan fingerprint density at radius 1 is 1.43 bits per heavy atom. The quantitative estimate of drug-likeness (QED) is 0.751. The van der Waals surface area contributed by atoms with Gasteiger partial charge in [-0.15, -0.1) is 0 Å². The van der Waals surface area contributed by atoms with Crippen LogP contribution in [0.1, 0.15) is 38.4 Å². The van der Waals surface area contributed by atoms with Gasteiger partial charge in [-0.25, -0.2) is 0 Å². The molecule has 0 spiro atoms. The third kappa shape index (κ3) is 2.50. The van der Waals surface area contributed by atoms with Gasteiger partial charge in [0.1, 0.15) is 5.15 Å². The molecule has 1 aromatic rings. The lowest BCUT2D eigenvalue weighted by atomic mass is 10.1. The number of aryl methyl sites for hydroxylation is 2. The van der Waals surface area contributed by atoms with Crippen LogP contribution in [0.3, 0.4) is 0 Å². The normalized spacial score (nSPS) is 11.3. The first-order valence-corrected chi connectivity index (χ1v) is 5.65. The van der Waals surface area contributed by atoms with Crippen LogP contribution in [-0.4, -0.2) is 9.78 Å². The molecule has 0 atom stereocenters. The Morgan fingerprint density at radius 3 is 2.50 bits per heavy atom. The van der Waals surface area contributed by atoms with Crippen LogP contribution in [-0.2, 0) is 13.0 Å². The molecule has 1 heterocycles. The monoisotopic (exact) mass is 214 g/mol. The van der Waals surface area contributed by atoms with Gasteiger partial charge in [0.25, 0.3) is 0 Å². The molecular weight excluding hydrogens is 196 g/mol. The number of hydrogen-bond acceptors (Lipinski definition) is 1. The largest absolute Gasteiger partial charge is 0.253 e. The Bertz CT molecular complexity index is 302. The molecule has 80 valence electrons. The van der Waals surface area contributed by atoms with Crippen molar-refractivity contribution in [3.8, 4) is 0 Å². The highest BCUT2D eigenvalue weighted by atomic mass is 35.5. The number of hydrogen-bond donors (Lipinski definition) is 0. The van der Waals surface area contributed by atoms with E-state index in [1.807, 2.05) is 11.6 Å². The van der Waals surface area contributed by atoms with Gasteiger partial charge in [0.2, 0.25) is 0 Å². The molecule has 1 rings (SSSR count). The average Bonchev–Trinajstić information content (AvgIpc) is 2.38. The zero-order chi connectivity index (χ0) is 10.7. The van der Waals surface area contributed by atoms with E-state index in [1.165, 1.54) is 5.56 Å². The summed E-state index contributed by atoms with van der Waals surface area (Å²) in [4.78, 5) is 0. The van der Waals surface area contributed by atoms with E-state index < -0.39 is 0 Å². The number of halogens is 1. The van der Waals surface area contributed by atoms with Crippen LogP contribution in [0.4, 0.5) is 0 Å². The van der Waals surface area contributed by atoms with Crippen molar-refractivity contribution in [2.75, 3.05) is 0 Å². The molecule has 0 aromatic carbocycles. The highest BCUT2D eigenvalue weighted by Crippen LogP contribution is 2.20. The molecule has 0 N–H and O–H groups in total. The summed E-state index contributed by atoms with van der Waals surface area (Å²) >= 11 is 6.21. The minimum absolute atomic E-state index is 0.695. The topological polar surface area (TPSA) is 17.8 Å². The maximum absolute atomic E-state index is 6.21. The molecule has 0 unspecified atom stereocenters. The Balaban J connectivity index is 2.78. The van der Waals surface area contributed by atoms with Crippen molar-refractivity contribution in [3.63, 3.8) is 0 Å². The third-order valence-corrected chi connectivity index (χ3v) is 2.88. The lowest BCUT2D eigenvalue weighted by Gasteiger charge is -2.05. The van der Waals surface area contributed by atoms with E-state index in [2.05, 4.69) is 25.9 Å². The van der Waals surface area contributed by atoms with Gasteiger partial charge < -0.3 is 0 Å². The van der Waals surface area contributed by atoms with Crippen LogP contribution in [0.15, 0.2) is 0 Å². The predicted molar refractivity (Wildman–Crippen MR) is 60.8 cm³/mol. The maximum atomic E-state index is 6.21. The van der Waals surface area contributed by atoms with E-state index in [4.69, 9.17) is 11.6 Å². The first-order chi connectivity index (χ1) is 6.56. The highest BCUT2D eigenvalue weighted by Gasteiger charge is 2.11. The van der Waals surface area contributed by atoms with Crippen molar-refractivity contribution in [2.45, 2.75) is 47.1 Å². The first-order valence-electron chi connectivity index (χ1n) is 5.28. The van der Waals surface area contributed by atoms with Gasteiger partial charge in [-0.1, -0.05) is 32.4 Å². The summed E-state index contributed by atoms with van der Waals surface area (Å²) < 4.78 is 1.93. The van der Waals surface area contributed by atoms with Crippen molar-refractivity contribution in [1.82, 2.24) is 9.78 Å². The summed E-state index contributed by atoms with van der Waals surface area (Å²) in [5, 5.41) is 5.26. The van der Waals surface area contributed by atoms with Gasteiger partial charge in [0.15, 0.2) is 0 Å². The molecule has 0 aliphatic heterocycles. The fraction of sp³-hybridized carbons (Fsp3) is 0.727. The summed E-state index contributed by atoms with van der Waals surface area (Å²) in [7, 11) is 0. The lowest BCUT2D eigenvalue weighted by Crippen LogP contribution is -2.03. The minimum Gasteiger partial charge on any atom is -0.253 e. The summed E-state index contributed by atoms with van der Waals surface area (Å²) in [6.45, 7) is 9.49. The zero-order valence-corrected chi connectivity index (χ0v) is 10.2. The summed E-state index contributed by atoms with van der Waals surface area (Å²) in [6.07, 6.45) is 2.09. The lowest BCUT2D eigenvalue weighted by molar-refractivity contribution is 0.486. The van der Waals surface area contributed by atoms with Gasteiger partial charge in [0, 0.05) is 12.1 Å². The SMILES string of the molecule is CCc1c(C)nn(CCC(C)C)c1Cl. The third-order valence-electron chi connectivity index (χ3n) is 2.45. The molecule has 14 heavy (non-hydrogen) atoms. The van der Waals surface area contributed by atoms with Crippen molar-refractivity contribution < 1.29 is 0 Å². The van der Waals surface area contributed by atoms with Crippen LogP contribution >= 0.6 is 11.6 Å². The summed E-state index contributed by atoms with van der Waals surface area (Å²) in [5.41, 5.74) is 2.26. The Morgan fingerprint density at radius 2 is 2.07 bits per heavy atom. The van der Waals surface area contributed by atoms with Crippen LogP contribution in [0.2, 0.25) is 5.15 Å². The molecule has 0 fully saturated rings. The van der Waals surface area contributed by atoms with Crippen molar-refractivity contribution in [3.05, 3.63) is 16.4 Å². The van der Waals surface area contributed by atoms with Gasteiger partial charge in [-0.05, 0) is 25.7 Å². The average molecular weight is 215 g/mol. The minimum atomic E-state index is 0.695. The molecule has 0 saturated heterocycles. The van der Waals surface area contributed by atoms with E-state index in [-0.39, 0.29) is 0 Å². The molecule has 0 aliphatic carbocycles. The molecule has 0 saturated carbocycles. The van der Waals surface area contributed by atoms with Crippen molar-refractivity contribution >= 4 is 11.6 Å².